The van der Waals surface area contributed by atoms with Crippen LogP contribution in [0, 0.1) is 0 Å². The third-order valence-electron chi connectivity index (χ3n) is 2.28. The van der Waals surface area contributed by atoms with Gasteiger partial charge in [0, 0.05) is 6.61 Å². The molecule has 3 heteroatoms. The van der Waals surface area contributed by atoms with Crippen LogP contribution in [-0.4, -0.2) is 23.9 Å². The van der Waals surface area contributed by atoms with Gasteiger partial charge in [-0.1, -0.05) is 6.92 Å². The number of aliphatic imine (C=N–C) groups is 1. The molecular weight excluding hydrogens is 170 g/mol. The smallest absolute Gasteiger partial charge is 0.0861 e. The second-order valence-electron chi connectivity index (χ2n) is 3.10. The van der Waals surface area contributed by atoms with Gasteiger partial charge in [0.1, 0.15) is 0 Å². The molecule has 2 atom stereocenters. The molecule has 0 bridgehead atoms. The minimum Gasteiger partial charge on any atom is -0.376 e. The fourth-order valence-corrected chi connectivity index (χ4v) is 1.71. The largest absolute Gasteiger partial charge is 0.376 e. The molecule has 2 nitrogen and oxygen atoms in total. The van der Waals surface area contributed by atoms with Crippen molar-refractivity contribution in [2.75, 3.05) is 6.61 Å². The number of hydrogen-bond acceptors (Lipinski definition) is 3. The Balaban J connectivity index is 2.45. The summed E-state index contributed by atoms with van der Waals surface area (Å²) in [7, 11) is 0. The van der Waals surface area contributed by atoms with Crippen LogP contribution >= 0.6 is 12.2 Å². The van der Waals surface area contributed by atoms with E-state index in [0.717, 1.165) is 19.4 Å². The van der Waals surface area contributed by atoms with Crippen LogP contribution in [-0.2, 0) is 4.74 Å². The van der Waals surface area contributed by atoms with Crippen LogP contribution in [0.5, 0.6) is 0 Å². The highest BCUT2D eigenvalue weighted by atomic mass is 32.1. The third kappa shape index (κ3) is 2.67. The molecule has 1 fully saturated rings. The van der Waals surface area contributed by atoms with Crippen molar-refractivity contribution in [1.29, 1.82) is 0 Å². The SMILES string of the molecule is CC[C@@H](N=C=S)C1CCCCO1. The van der Waals surface area contributed by atoms with Gasteiger partial charge in [-0.3, -0.25) is 0 Å². The van der Waals surface area contributed by atoms with Crippen molar-refractivity contribution in [3.05, 3.63) is 0 Å². The molecule has 68 valence electrons. The second kappa shape index (κ2) is 5.41. The van der Waals surface area contributed by atoms with E-state index in [1.807, 2.05) is 0 Å². The maximum atomic E-state index is 5.60. The molecule has 0 aromatic carbocycles. The molecule has 1 aliphatic heterocycles. The molecule has 1 rings (SSSR count). The number of rotatable bonds is 3. The third-order valence-corrected chi connectivity index (χ3v) is 2.39. The Morgan fingerprint density at radius 2 is 2.50 bits per heavy atom. The minimum absolute atomic E-state index is 0.239. The van der Waals surface area contributed by atoms with Gasteiger partial charge in [-0.05, 0) is 37.9 Å². The van der Waals surface area contributed by atoms with Gasteiger partial charge >= 0.3 is 0 Å². The molecule has 1 aliphatic rings. The van der Waals surface area contributed by atoms with Crippen LogP contribution < -0.4 is 0 Å². The normalized spacial score (nSPS) is 25.9. The lowest BCUT2D eigenvalue weighted by Gasteiger charge is -2.26. The van der Waals surface area contributed by atoms with Gasteiger partial charge in [-0.2, -0.15) is 0 Å². The molecule has 0 spiro atoms. The summed E-state index contributed by atoms with van der Waals surface area (Å²) < 4.78 is 5.60. The number of isothiocyanates is 1. The highest BCUT2D eigenvalue weighted by Crippen LogP contribution is 2.19. The summed E-state index contributed by atoms with van der Waals surface area (Å²) in [4.78, 5) is 4.11. The average molecular weight is 185 g/mol. The van der Waals surface area contributed by atoms with Crippen LogP contribution in [0.4, 0.5) is 0 Å². The summed E-state index contributed by atoms with van der Waals surface area (Å²) in [6, 6.07) is 0.239. The predicted molar refractivity (Wildman–Crippen MR) is 52.7 cm³/mol. The van der Waals surface area contributed by atoms with Gasteiger partial charge in [0.25, 0.3) is 0 Å². The van der Waals surface area contributed by atoms with E-state index >= 15 is 0 Å². The first-order valence-electron chi connectivity index (χ1n) is 4.57. The fraction of sp³-hybridized carbons (Fsp3) is 0.889. The fourth-order valence-electron chi connectivity index (χ4n) is 1.57. The van der Waals surface area contributed by atoms with E-state index in [0.29, 0.717) is 6.10 Å². The topological polar surface area (TPSA) is 21.6 Å². The molecule has 1 heterocycles. The Labute approximate surface area is 79.0 Å². The Kier molecular flexibility index (Phi) is 4.44. The summed E-state index contributed by atoms with van der Waals surface area (Å²) in [6.07, 6.45) is 4.86. The Morgan fingerprint density at radius 3 is 3.00 bits per heavy atom. The summed E-state index contributed by atoms with van der Waals surface area (Å²) in [5, 5.41) is 2.44. The summed E-state index contributed by atoms with van der Waals surface area (Å²) in [5.74, 6) is 0. The molecule has 0 saturated carbocycles. The first-order valence-corrected chi connectivity index (χ1v) is 4.98. The van der Waals surface area contributed by atoms with E-state index in [9.17, 15) is 0 Å². The van der Waals surface area contributed by atoms with Crippen molar-refractivity contribution in [3.63, 3.8) is 0 Å². The summed E-state index contributed by atoms with van der Waals surface area (Å²) in [6.45, 7) is 2.99. The van der Waals surface area contributed by atoms with Gasteiger partial charge in [-0.15, -0.1) is 0 Å². The zero-order chi connectivity index (χ0) is 8.81. The highest BCUT2D eigenvalue weighted by molar-refractivity contribution is 7.78. The zero-order valence-electron chi connectivity index (χ0n) is 7.45. The van der Waals surface area contributed by atoms with E-state index in [1.54, 1.807) is 0 Å². The lowest BCUT2D eigenvalue weighted by Crippen LogP contribution is -2.30. The quantitative estimate of drug-likeness (QED) is 0.497. The van der Waals surface area contributed by atoms with Gasteiger partial charge in [0.2, 0.25) is 0 Å². The predicted octanol–water partition coefficient (Wildman–Crippen LogP) is 2.44. The van der Waals surface area contributed by atoms with E-state index in [2.05, 4.69) is 29.3 Å². The van der Waals surface area contributed by atoms with Gasteiger partial charge in [0.15, 0.2) is 0 Å². The molecular formula is C9H15NOS. The van der Waals surface area contributed by atoms with Gasteiger partial charge < -0.3 is 4.74 Å². The Hall–Kier alpha value is -0.240. The standard InChI is InChI=1S/C9H15NOS/c1-2-8(10-7-12)9-5-3-4-6-11-9/h8-9H,2-6H2,1H3/t8-,9?/m1/s1. The molecule has 0 radical (unpaired) electrons. The van der Waals surface area contributed by atoms with Crippen LogP contribution in [0.3, 0.4) is 0 Å². The zero-order valence-corrected chi connectivity index (χ0v) is 8.27. The molecule has 0 aliphatic carbocycles. The first-order chi connectivity index (χ1) is 5.88. The van der Waals surface area contributed by atoms with Crippen LogP contribution in [0.1, 0.15) is 32.6 Å². The second-order valence-corrected chi connectivity index (χ2v) is 3.28. The number of thiocarbonyl (C=S) groups is 1. The van der Waals surface area contributed by atoms with Crippen molar-refractivity contribution < 1.29 is 4.74 Å². The molecule has 1 saturated heterocycles. The maximum Gasteiger partial charge on any atom is 0.0861 e. The van der Waals surface area contributed by atoms with Crippen molar-refractivity contribution in [1.82, 2.24) is 0 Å². The average Bonchev–Trinajstić information content (AvgIpc) is 2.15. The monoisotopic (exact) mass is 185 g/mol. The first kappa shape index (κ1) is 9.85. The summed E-state index contributed by atoms with van der Waals surface area (Å²) in [5.41, 5.74) is 0. The number of nitrogens with zero attached hydrogens (tertiary/aromatic N) is 1. The maximum absolute atomic E-state index is 5.60. The van der Waals surface area contributed by atoms with E-state index < -0.39 is 0 Å². The molecule has 12 heavy (non-hydrogen) atoms. The Bertz CT molecular complexity index is 171. The molecule has 0 aromatic heterocycles. The van der Waals surface area contributed by atoms with E-state index in [1.165, 1.54) is 12.8 Å². The highest BCUT2D eigenvalue weighted by Gasteiger charge is 2.21. The van der Waals surface area contributed by atoms with Crippen LogP contribution in [0.15, 0.2) is 4.99 Å². The molecule has 1 unspecified atom stereocenters. The Morgan fingerprint density at radius 1 is 1.67 bits per heavy atom. The van der Waals surface area contributed by atoms with Gasteiger partial charge in [-0.25, -0.2) is 4.99 Å². The van der Waals surface area contributed by atoms with Crippen molar-refractivity contribution >= 4 is 17.4 Å². The van der Waals surface area contributed by atoms with Crippen molar-refractivity contribution in [2.24, 2.45) is 4.99 Å². The molecule has 0 N–H and O–H groups in total. The molecule has 0 aromatic rings. The van der Waals surface area contributed by atoms with E-state index in [4.69, 9.17) is 4.74 Å². The van der Waals surface area contributed by atoms with Crippen molar-refractivity contribution in [2.45, 2.75) is 44.8 Å². The van der Waals surface area contributed by atoms with Crippen LogP contribution in [0.2, 0.25) is 0 Å². The lowest BCUT2D eigenvalue weighted by atomic mass is 10.0. The number of ether oxygens (including phenoxy) is 1. The number of hydrogen-bond donors (Lipinski definition) is 0. The van der Waals surface area contributed by atoms with E-state index in [-0.39, 0.29) is 6.04 Å². The van der Waals surface area contributed by atoms with Gasteiger partial charge in [0.05, 0.1) is 17.3 Å². The molecule has 0 amide bonds. The lowest BCUT2D eigenvalue weighted by molar-refractivity contribution is 0.000608. The minimum atomic E-state index is 0.239. The van der Waals surface area contributed by atoms with Crippen LogP contribution in [0.25, 0.3) is 0 Å². The van der Waals surface area contributed by atoms with Crippen molar-refractivity contribution in [3.8, 4) is 0 Å². The summed E-state index contributed by atoms with van der Waals surface area (Å²) >= 11 is 4.59.